The number of likely N-dealkylation sites (tertiary alicyclic amines) is 1. The molecule has 1 heterocycles. The molecule has 1 fully saturated rings. The summed E-state index contributed by atoms with van der Waals surface area (Å²) in [4.78, 5) is 23.7. The molecule has 92 valence electrons. The minimum atomic E-state index is -0.779. The predicted molar refractivity (Wildman–Crippen MR) is 60.1 cm³/mol. The van der Waals surface area contributed by atoms with E-state index in [1.807, 2.05) is 13.8 Å². The SMILES string of the molecule is CC(C)NCCC(=O)N1CC(CC(=O)O)C1. The molecule has 1 aliphatic rings. The summed E-state index contributed by atoms with van der Waals surface area (Å²) in [5, 5.41) is 11.7. The van der Waals surface area contributed by atoms with E-state index < -0.39 is 5.97 Å². The fraction of sp³-hybridized carbons (Fsp3) is 0.818. The van der Waals surface area contributed by atoms with Crippen LogP contribution < -0.4 is 5.32 Å². The van der Waals surface area contributed by atoms with Crippen molar-refractivity contribution in [3.05, 3.63) is 0 Å². The van der Waals surface area contributed by atoms with Gasteiger partial charge < -0.3 is 15.3 Å². The maximum absolute atomic E-state index is 11.6. The molecule has 1 amide bonds. The summed E-state index contributed by atoms with van der Waals surface area (Å²) in [6, 6.07) is 0.393. The first-order chi connectivity index (χ1) is 7.49. The summed E-state index contributed by atoms with van der Waals surface area (Å²) >= 11 is 0. The van der Waals surface area contributed by atoms with E-state index in [1.165, 1.54) is 0 Å². The molecule has 0 aromatic rings. The Morgan fingerprint density at radius 3 is 2.56 bits per heavy atom. The molecule has 1 rings (SSSR count). The van der Waals surface area contributed by atoms with Crippen molar-refractivity contribution in [2.24, 2.45) is 5.92 Å². The van der Waals surface area contributed by atoms with Crippen LogP contribution in [0.5, 0.6) is 0 Å². The number of nitrogens with one attached hydrogen (secondary N) is 1. The molecule has 0 aromatic carbocycles. The zero-order valence-electron chi connectivity index (χ0n) is 9.90. The highest BCUT2D eigenvalue weighted by Crippen LogP contribution is 2.19. The van der Waals surface area contributed by atoms with Crippen LogP contribution in [0.4, 0.5) is 0 Å². The number of nitrogens with zero attached hydrogens (tertiary/aromatic N) is 1. The van der Waals surface area contributed by atoms with E-state index in [0.717, 1.165) is 0 Å². The van der Waals surface area contributed by atoms with Crippen LogP contribution in [0, 0.1) is 5.92 Å². The van der Waals surface area contributed by atoms with Gasteiger partial charge in [-0.25, -0.2) is 0 Å². The van der Waals surface area contributed by atoms with Crippen LogP contribution in [-0.4, -0.2) is 47.6 Å². The van der Waals surface area contributed by atoms with Crippen LogP contribution in [0.25, 0.3) is 0 Å². The van der Waals surface area contributed by atoms with Crippen molar-refractivity contribution in [1.29, 1.82) is 0 Å². The topological polar surface area (TPSA) is 69.6 Å². The molecule has 0 unspecified atom stereocenters. The van der Waals surface area contributed by atoms with Crippen LogP contribution in [0.15, 0.2) is 0 Å². The third-order valence-corrected chi connectivity index (χ3v) is 2.66. The fourth-order valence-electron chi connectivity index (χ4n) is 1.78. The smallest absolute Gasteiger partial charge is 0.303 e. The van der Waals surface area contributed by atoms with Gasteiger partial charge >= 0.3 is 5.97 Å². The molecule has 5 heteroatoms. The van der Waals surface area contributed by atoms with Gasteiger partial charge in [-0.05, 0) is 0 Å². The Morgan fingerprint density at radius 2 is 2.06 bits per heavy atom. The second-order valence-electron chi connectivity index (χ2n) is 4.62. The van der Waals surface area contributed by atoms with Crippen molar-refractivity contribution in [3.8, 4) is 0 Å². The number of aliphatic carboxylic acids is 1. The summed E-state index contributed by atoms with van der Waals surface area (Å²) < 4.78 is 0. The number of amides is 1. The summed E-state index contributed by atoms with van der Waals surface area (Å²) in [6.45, 7) is 5.98. The molecule has 0 aliphatic carbocycles. The Kier molecular flexibility index (Phi) is 4.73. The highest BCUT2D eigenvalue weighted by Gasteiger charge is 2.31. The quantitative estimate of drug-likeness (QED) is 0.686. The van der Waals surface area contributed by atoms with Crippen LogP contribution in [0.2, 0.25) is 0 Å². The third-order valence-electron chi connectivity index (χ3n) is 2.66. The predicted octanol–water partition coefficient (Wildman–Crippen LogP) is 0.308. The van der Waals surface area contributed by atoms with Crippen molar-refractivity contribution in [2.75, 3.05) is 19.6 Å². The minimum absolute atomic E-state index is 0.120. The van der Waals surface area contributed by atoms with Crippen LogP contribution in [-0.2, 0) is 9.59 Å². The van der Waals surface area contributed by atoms with E-state index in [0.29, 0.717) is 32.1 Å². The average Bonchev–Trinajstić information content (AvgIpc) is 2.09. The average molecular weight is 228 g/mol. The number of rotatable bonds is 6. The van der Waals surface area contributed by atoms with Gasteiger partial charge in [0.1, 0.15) is 0 Å². The lowest BCUT2D eigenvalue weighted by atomic mass is 9.96. The first kappa shape index (κ1) is 13.0. The number of hydrogen-bond acceptors (Lipinski definition) is 3. The summed E-state index contributed by atoms with van der Waals surface area (Å²) in [6.07, 6.45) is 0.673. The second kappa shape index (κ2) is 5.84. The molecule has 0 bridgehead atoms. The summed E-state index contributed by atoms with van der Waals surface area (Å²) in [5.74, 6) is -0.507. The van der Waals surface area contributed by atoms with E-state index in [9.17, 15) is 9.59 Å². The monoisotopic (exact) mass is 228 g/mol. The Labute approximate surface area is 95.8 Å². The highest BCUT2D eigenvalue weighted by atomic mass is 16.4. The van der Waals surface area contributed by atoms with Gasteiger partial charge in [-0.3, -0.25) is 9.59 Å². The number of hydrogen-bond donors (Lipinski definition) is 2. The second-order valence-corrected chi connectivity index (χ2v) is 4.62. The van der Waals surface area contributed by atoms with Crippen molar-refractivity contribution >= 4 is 11.9 Å². The van der Waals surface area contributed by atoms with Gasteiger partial charge in [0.15, 0.2) is 0 Å². The molecule has 0 radical (unpaired) electrons. The van der Waals surface area contributed by atoms with Gasteiger partial charge in [0.25, 0.3) is 0 Å². The van der Waals surface area contributed by atoms with Crippen molar-refractivity contribution in [1.82, 2.24) is 10.2 Å². The van der Waals surface area contributed by atoms with Gasteiger partial charge in [-0.2, -0.15) is 0 Å². The molecule has 5 nitrogen and oxygen atoms in total. The van der Waals surface area contributed by atoms with E-state index in [2.05, 4.69) is 5.32 Å². The molecular formula is C11H20N2O3. The van der Waals surface area contributed by atoms with Gasteiger partial charge in [0.2, 0.25) is 5.91 Å². The van der Waals surface area contributed by atoms with Crippen molar-refractivity contribution in [2.45, 2.75) is 32.7 Å². The van der Waals surface area contributed by atoms with Gasteiger partial charge in [-0.15, -0.1) is 0 Å². The number of carboxylic acids is 1. The summed E-state index contributed by atoms with van der Waals surface area (Å²) in [7, 11) is 0. The molecular weight excluding hydrogens is 208 g/mol. The number of carboxylic acid groups (broad SMARTS) is 1. The fourth-order valence-corrected chi connectivity index (χ4v) is 1.78. The van der Waals surface area contributed by atoms with E-state index >= 15 is 0 Å². The zero-order chi connectivity index (χ0) is 12.1. The largest absolute Gasteiger partial charge is 0.481 e. The molecule has 0 saturated carbocycles. The highest BCUT2D eigenvalue weighted by molar-refractivity contribution is 5.77. The van der Waals surface area contributed by atoms with Gasteiger partial charge in [-0.1, -0.05) is 13.8 Å². The minimum Gasteiger partial charge on any atom is -0.481 e. The molecule has 0 spiro atoms. The Morgan fingerprint density at radius 1 is 1.44 bits per heavy atom. The molecule has 1 saturated heterocycles. The van der Waals surface area contributed by atoms with Gasteiger partial charge in [0, 0.05) is 38.0 Å². The van der Waals surface area contributed by atoms with Crippen molar-refractivity contribution in [3.63, 3.8) is 0 Å². The Balaban J connectivity index is 2.10. The number of carbonyl (C=O) groups excluding carboxylic acids is 1. The third kappa shape index (κ3) is 4.18. The van der Waals surface area contributed by atoms with Crippen LogP contribution >= 0.6 is 0 Å². The first-order valence-corrected chi connectivity index (χ1v) is 5.72. The standard InChI is InChI=1S/C11H20N2O3/c1-8(2)12-4-3-10(14)13-6-9(7-13)5-11(15)16/h8-9,12H,3-7H2,1-2H3,(H,15,16). The van der Waals surface area contributed by atoms with Crippen LogP contribution in [0.3, 0.4) is 0 Å². The molecule has 1 aliphatic heterocycles. The molecule has 0 atom stereocenters. The lowest BCUT2D eigenvalue weighted by Gasteiger charge is -2.38. The Bertz CT molecular complexity index is 260. The maximum Gasteiger partial charge on any atom is 0.303 e. The van der Waals surface area contributed by atoms with E-state index in [-0.39, 0.29) is 18.2 Å². The molecule has 0 aromatic heterocycles. The lowest BCUT2D eigenvalue weighted by molar-refractivity contribution is -0.145. The van der Waals surface area contributed by atoms with E-state index in [1.54, 1.807) is 4.90 Å². The van der Waals surface area contributed by atoms with Gasteiger partial charge in [0.05, 0.1) is 6.42 Å². The summed E-state index contributed by atoms with van der Waals surface area (Å²) in [5.41, 5.74) is 0. The molecule has 2 N–H and O–H groups in total. The maximum atomic E-state index is 11.6. The van der Waals surface area contributed by atoms with Crippen molar-refractivity contribution < 1.29 is 14.7 Å². The zero-order valence-corrected chi connectivity index (χ0v) is 9.90. The first-order valence-electron chi connectivity index (χ1n) is 5.72. The lowest BCUT2D eigenvalue weighted by Crippen LogP contribution is -2.51. The van der Waals surface area contributed by atoms with Crippen LogP contribution in [0.1, 0.15) is 26.7 Å². The Hall–Kier alpha value is -1.10. The normalized spacial score (nSPS) is 16.3. The number of carbonyl (C=O) groups is 2. The molecule has 16 heavy (non-hydrogen) atoms. The van der Waals surface area contributed by atoms with E-state index in [4.69, 9.17) is 5.11 Å².